The molecule has 0 aromatic carbocycles. The molecule has 0 aliphatic heterocycles. The van der Waals surface area contributed by atoms with E-state index < -0.39 is 8.25 Å². The molecular formula is C3H4O3P+. The maximum absolute atomic E-state index is 9.59. The topological polar surface area (TPSA) is 46.5 Å². The Morgan fingerprint density at radius 3 is 2.71 bits per heavy atom. The van der Waals surface area contributed by atoms with Gasteiger partial charge in [-0.15, -0.1) is 15.8 Å². The molecule has 0 aromatic heterocycles. The second-order valence-corrected chi connectivity index (χ2v) is 1.45. The van der Waals surface area contributed by atoms with E-state index in [1.54, 1.807) is 0 Å². The van der Waals surface area contributed by atoms with Gasteiger partial charge in [0, 0.05) is 4.57 Å². The van der Waals surface area contributed by atoms with Crippen molar-refractivity contribution in [1.29, 1.82) is 0 Å². The van der Waals surface area contributed by atoms with Gasteiger partial charge in [-0.05, 0) is 0 Å². The molecule has 1 unspecified atom stereocenters. The summed E-state index contributed by atoms with van der Waals surface area (Å²) < 4.78 is 13.6. The summed E-state index contributed by atoms with van der Waals surface area (Å²) >= 11 is 0. The largest absolute Gasteiger partial charge is 0.695 e. The van der Waals surface area contributed by atoms with Gasteiger partial charge in [-0.25, -0.2) is 0 Å². The second-order valence-electron chi connectivity index (χ2n) is 0.715. The minimum atomic E-state index is -2.50. The van der Waals surface area contributed by atoms with Gasteiger partial charge in [-0.1, -0.05) is 5.92 Å². The highest BCUT2D eigenvalue weighted by atomic mass is 31.1. The lowest BCUT2D eigenvalue weighted by Crippen LogP contribution is -1.76. The highest BCUT2D eigenvalue weighted by Crippen LogP contribution is 2.12. The van der Waals surface area contributed by atoms with Crippen LogP contribution in [-0.2, 0) is 9.09 Å². The van der Waals surface area contributed by atoms with Crippen LogP contribution in [0.15, 0.2) is 0 Å². The molecule has 0 saturated heterocycles. The Kier molecular flexibility index (Phi) is 3.53. The fourth-order valence-corrected chi connectivity index (χ4v) is 0.277. The van der Waals surface area contributed by atoms with E-state index in [1.807, 2.05) is 5.92 Å². The van der Waals surface area contributed by atoms with Crippen molar-refractivity contribution in [3.05, 3.63) is 0 Å². The van der Waals surface area contributed by atoms with E-state index in [4.69, 9.17) is 4.89 Å². The van der Waals surface area contributed by atoms with Crippen molar-refractivity contribution in [1.82, 2.24) is 0 Å². The summed E-state index contributed by atoms with van der Waals surface area (Å²) in [6.45, 7) is -0.105. The first kappa shape index (κ1) is 6.58. The van der Waals surface area contributed by atoms with Crippen LogP contribution in [0.5, 0.6) is 0 Å². The molecule has 0 aliphatic rings. The Morgan fingerprint density at radius 2 is 2.57 bits per heavy atom. The first-order valence-electron chi connectivity index (χ1n) is 1.50. The van der Waals surface area contributed by atoms with Gasteiger partial charge in [0.1, 0.15) is 0 Å². The van der Waals surface area contributed by atoms with Crippen molar-refractivity contribution < 1.29 is 14.0 Å². The van der Waals surface area contributed by atoms with E-state index in [-0.39, 0.29) is 6.61 Å². The third-order valence-electron chi connectivity index (χ3n) is 0.258. The summed E-state index contributed by atoms with van der Waals surface area (Å²) in [7, 11) is -2.50. The molecule has 0 bridgehead atoms. The predicted octanol–water partition coefficient (Wildman–Crippen LogP) is 0.286. The third-order valence-corrected chi connectivity index (χ3v) is 0.608. The van der Waals surface area contributed by atoms with Crippen molar-refractivity contribution in [2.24, 2.45) is 0 Å². The van der Waals surface area contributed by atoms with Gasteiger partial charge in [0.05, 0.1) is 0 Å². The van der Waals surface area contributed by atoms with Crippen LogP contribution in [-0.4, -0.2) is 11.5 Å². The van der Waals surface area contributed by atoms with Gasteiger partial charge in [0.2, 0.25) is 0 Å². The van der Waals surface area contributed by atoms with Crippen molar-refractivity contribution in [3.63, 3.8) is 0 Å². The van der Waals surface area contributed by atoms with Crippen molar-refractivity contribution in [2.75, 3.05) is 6.61 Å². The van der Waals surface area contributed by atoms with Gasteiger partial charge < -0.3 is 0 Å². The van der Waals surface area contributed by atoms with Crippen LogP contribution < -0.4 is 0 Å². The van der Waals surface area contributed by atoms with Gasteiger partial charge in [-0.2, -0.15) is 0 Å². The van der Waals surface area contributed by atoms with Crippen LogP contribution in [0.1, 0.15) is 0 Å². The molecule has 0 amide bonds. The predicted molar refractivity (Wildman–Crippen MR) is 24.6 cm³/mol. The Balaban J connectivity index is 3.02. The van der Waals surface area contributed by atoms with Crippen molar-refractivity contribution in [3.8, 4) is 12.3 Å². The standard InChI is InChI=1S/C3H3O3P/c1-2-3-6-7(4)5/h1H,3H2/p+1. The summed E-state index contributed by atoms with van der Waals surface area (Å²) in [5, 5.41) is 0. The number of rotatable bonds is 2. The number of hydrogen-bond donors (Lipinski definition) is 1. The van der Waals surface area contributed by atoms with Crippen molar-refractivity contribution in [2.45, 2.75) is 0 Å². The van der Waals surface area contributed by atoms with Crippen LogP contribution in [0.25, 0.3) is 0 Å². The van der Waals surface area contributed by atoms with Gasteiger partial charge >= 0.3 is 8.25 Å². The summed E-state index contributed by atoms with van der Waals surface area (Å²) in [6.07, 6.45) is 4.66. The minimum Gasteiger partial charge on any atom is -0.133 e. The minimum absolute atomic E-state index is 0.105. The van der Waals surface area contributed by atoms with E-state index in [1.165, 1.54) is 0 Å². The molecule has 1 N–H and O–H groups in total. The Morgan fingerprint density at radius 1 is 2.00 bits per heavy atom. The fourth-order valence-electron chi connectivity index (χ4n) is 0.0925. The van der Waals surface area contributed by atoms with Gasteiger partial charge in [-0.3, -0.25) is 0 Å². The summed E-state index contributed by atoms with van der Waals surface area (Å²) in [6, 6.07) is 0. The molecule has 0 saturated carbocycles. The van der Waals surface area contributed by atoms with E-state index >= 15 is 0 Å². The number of hydrogen-bond acceptors (Lipinski definition) is 2. The number of terminal acetylenes is 1. The molecule has 1 atom stereocenters. The molecule has 0 spiro atoms. The van der Waals surface area contributed by atoms with Crippen LogP contribution >= 0.6 is 8.25 Å². The summed E-state index contributed by atoms with van der Waals surface area (Å²) in [5.74, 6) is 2.03. The average Bonchev–Trinajstić information content (AvgIpc) is 1.61. The molecule has 0 aliphatic carbocycles. The molecule has 7 heavy (non-hydrogen) atoms. The molecule has 3 nitrogen and oxygen atoms in total. The van der Waals surface area contributed by atoms with E-state index in [9.17, 15) is 4.57 Å². The SMILES string of the molecule is C#CCO[P+](=O)O. The maximum Gasteiger partial charge on any atom is 0.695 e. The van der Waals surface area contributed by atoms with Gasteiger partial charge in [0.15, 0.2) is 6.61 Å². The van der Waals surface area contributed by atoms with E-state index in [0.29, 0.717) is 0 Å². The smallest absolute Gasteiger partial charge is 0.133 e. The Hall–Kier alpha value is -0.420. The van der Waals surface area contributed by atoms with Crippen LogP contribution in [0, 0.1) is 12.3 Å². The maximum atomic E-state index is 9.59. The lowest BCUT2D eigenvalue weighted by Gasteiger charge is -1.68. The first-order valence-corrected chi connectivity index (χ1v) is 2.63. The normalized spacial score (nSPS) is 10.0. The molecule has 0 fully saturated rings. The summed E-state index contributed by atoms with van der Waals surface area (Å²) in [5.41, 5.74) is 0. The van der Waals surface area contributed by atoms with E-state index in [2.05, 4.69) is 10.9 Å². The van der Waals surface area contributed by atoms with Crippen molar-refractivity contribution >= 4 is 8.25 Å². The van der Waals surface area contributed by atoms with E-state index in [0.717, 1.165) is 0 Å². The third kappa shape index (κ3) is 5.58. The van der Waals surface area contributed by atoms with Crippen LogP contribution in [0.2, 0.25) is 0 Å². The average molecular weight is 119 g/mol. The molecule has 0 heterocycles. The van der Waals surface area contributed by atoms with Crippen LogP contribution in [0.4, 0.5) is 0 Å². The lowest BCUT2D eigenvalue weighted by molar-refractivity contribution is 0.317. The quantitative estimate of drug-likeness (QED) is 0.419. The molecule has 0 radical (unpaired) electrons. The fraction of sp³-hybridized carbons (Fsp3) is 0.333. The lowest BCUT2D eigenvalue weighted by atomic mass is 10.8. The van der Waals surface area contributed by atoms with Gasteiger partial charge in [0.25, 0.3) is 0 Å². The second kappa shape index (κ2) is 3.76. The Bertz CT molecular complexity index is 103. The highest BCUT2D eigenvalue weighted by Gasteiger charge is 2.07. The first-order chi connectivity index (χ1) is 3.27. The Labute approximate surface area is 42.3 Å². The molecular weight excluding hydrogens is 115 g/mol. The molecule has 0 aromatic rings. The zero-order valence-electron chi connectivity index (χ0n) is 3.50. The van der Waals surface area contributed by atoms with Crippen LogP contribution in [0.3, 0.4) is 0 Å². The zero-order chi connectivity index (χ0) is 5.70. The highest BCUT2D eigenvalue weighted by molar-refractivity contribution is 7.32. The molecule has 4 heteroatoms. The molecule has 0 rings (SSSR count). The zero-order valence-corrected chi connectivity index (χ0v) is 4.39. The summed E-state index contributed by atoms with van der Waals surface area (Å²) in [4.78, 5) is 7.87. The molecule has 38 valence electrons. The monoisotopic (exact) mass is 119 g/mol.